The average Bonchev–Trinajstić information content (AvgIpc) is 2.55. The summed E-state index contributed by atoms with van der Waals surface area (Å²) >= 11 is 0. The monoisotopic (exact) mass is 297 g/mol. The zero-order chi connectivity index (χ0) is 15.4. The maximum atomic E-state index is 10.9. The number of rotatable bonds is 5. The van der Waals surface area contributed by atoms with Crippen LogP contribution in [0.5, 0.6) is 5.75 Å². The average molecular weight is 297 g/mol. The molecule has 0 unspecified atom stereocenters. The van der Waals surface area contributed by atoms with Gasteiger partial charge >= 0.3 is 5.97 Å². The van der Waals surface area contributed by atoms with Gasteiger partial charge in [-0.3, -0.25) is 4.90 Å². The third-order valence-electron chi connectivity index (χ3n) is 3.97. The lowest BCUT2D eigenvalue weighted by atomic mass is 10.0. The number of fused-ring (bicyclic) bond motifs is 1. The first-order chi connectivity index (χ1) is 10.7. The zero-order valence-electron chi connectivity index (χ0n) is 12.4. The second-order valence-corrected chi connectivity index (χ2v) is 5.48. The first-order valence-corrected chi connectivity index (χ1v) is 7.48. The second-order valence-electron chi connectivity index (χ2n) is 5.48. The van der Waals surface area contributed by atoms with E-state index in [0.717, 1.165) is 26.1 Å². The van der Waals surface area contributed by atoms with Gasteiger partial charge in [0.1, 0.15) is 12.4 Å². The van der Waals surface area contributed by atoms with Crippen LogP contribution in [0.2, 0.25) is 0 Å². The van der Waals surface area contributed by atoms with Gasteiger partial charge in [-0.25, -0.2) is 4.79 Å². The van der Waals surface area contributed by atoms with Crippen molar-refractivity contribution in [3.63, 3.8) is 0 Å². The van der Waals surface area contributed by atoms with E-state index >= 15 is 0 Å². The number of carboxylic acid groups (broad SMARTS) is 1. The molecule has 4 heteroatoms. The van der Waals surface area contributed by atoms with Crippen LogP contribution in [0.1, 0.15) is 21.5 Å². The molecule has 2 aromatic rings. The second kappa shape index (κ2) is 6.62. The molecule has 1 N–H and O–H groups in total. The van der Waals surface area contributed by atoms with E-state index in [9.17, 15) is 4.79 Å². The fourth-order valence-electron chi connectivity index (χ4n) is 2.76. The van der Waals surface area contributed by atoms with Crippen LogP contribution in [0.25, 0.3) is 0 Å². The van der Waals surface area contributed by atoms with Gasteiger partial charge in [0.2, 0.25) is 0 Å². The molecule has 4 nitrogen and oxygen atoms in total. The number of carbonyl (C=O) groups is 1. The minimum Gasteiger partial charge on any atom is -0.492 e. The fraction of sp³-hybridized carbons (Fsp3) is 0.278. The highest BCUT2D eigenvalue weighted by atomic mass is 16.5. The van der Waals surface area contributed by atoms with E-state index in [-0.39, 0.29) is 5.56 Å². The Kier molecular flexibility index (Phi) is 4.39. The first-order valence-electron chi connectivity index (χ1n) is 7.48. The molecule has 0 fully saturated rings. The molecule has 114 valence electrons. The van der Waals surface area contributed by atoms with E-state index in [1.807, 2.05) is 0 Å². The Hall–Kier alpha value is -2.33. The van der Waals surface area contributed by atoms with Crippen molar-refractivity contribution in [2.24, 2.45) is 0 Å². The normalized spacial score (nSPS) is 14.4. The Morgan fingerprint density at radius 3 is 2.77 bits per heavy atom. The predicted molar refractivity (Wildman–Crippen MR) is 84.3 cm³/mol. The molecular weight excluding hydrogens is 278 g/mol. The molecule has 22 heavy (non-hydrogen) atoms. The quantitative estimate of drug-likeness (QED) is 0.922. The van der Waals surface area contributed by atoms with Crippen LogP contribution in [-0.4, -0.2) is 35.7 Å². The fourth-order valence-corrected chi connectivity index (χ4v) is 2.76. The van der Waals surface area contributed by atoms with Crippen molar-refractivity contribution in [3.05, 3.63) is 65.2 Å². The summed E-state index contributed by atoms with van der Waals surface area (Å²) < 4.78 is 5.68. The predicted octanol–water partition coefficient (Wildman–Crippen LogP) is 2.82. The Morgan fingerprint density at radius 1 is 1.14 bits per heavy atom. The Bertz CT molecular complexity index is 669. The summed E-state index contributed by atoms with van der Waals surface area (Å²) in [6.45, 7) is 3.39. The van der Waals surface area contributed by atoms with Crippen LogP contribution < -0.4 is 4.74 Å². The van der Waals surface area contributed by atoms with Crippen LogP contribution >= 0.6 is 0 Å². The molecule has 0 spiro atoms. The van der Waals surface area contributed by atoms with Crippen LogP contribution in [-0.2, 0) is 13.0 Å². The van der Waals surface area contributed by atoms with Gasteiger partial charge in [-0.15, -0.1) is 0 Å². The maximum absolute atomic E-state index is 10.9. The van der Waals surface area contributed by atoms with E-state index in [4.69, 9.17) is 9.84 Å². The number of ether oxygens (including phenoxy) is 1. The van der Waals surface area contributed by atoms with Crippen LogP contribution in [0, 0.1) is 0 Å². The topological polar surface area (TPSA) is 49.8 Å². The highest BCUT2D eigenvalue weighted by Crippen LogP contribution is 2.18. The van der Waals surface area contributed by atoms with E-state index in [2.05, 4.69) is 29.2 Å². The molecule has 3 rings (SSSR count). The van der Waals surface area contributed by atoms with Gasteiger partial charge in [0.25, 0.3) is 0 Å². The molecule has 0 radical (unpaired) electrons. The molecule has 0 saturated carbocycles. The van der Waals surface area contributed by atoms with Gasteiger partial charge in [-0.05, 0) is 35.7 Å². The number of hydrogen-bond donors (Lipinski definition) is 1. The molecule has 0 aliphatic carbocycles. The lowest BCUT2D eigenvalue weighted by molar-refractivity contribution is 0.0696. The highest BCUT2D eigenvalue weighted by Gasteiger charge is 2.15. The van der Waals surface area contributed by atoms with Crippen molar-refractivity contribution in [1.29, 1.82) is 0 Å². The lowest BCUT2D eigenvalue weighted by Crippen LogP contribution is -2.33. The first kappa shape index (κ1) is 14.6. The molecule has 1 aliphatic rings. The minimum atomic E-state index is -0.932. The SMILES string of the molecule is O=C(O)c1cccc(OCCN2CCc3ccccc3C2)c1. The van der Waals surface area contributed by atoms with E-state index in [1.54, 1.807) is 24.3 Å². The summed E-state index contributed by atoms with van der Waals surface area (Å²) in [6.07, 6.45) is 1.07. The third kappa shape index (κ3) is 3.46. The molecule has 1 heterocycles. The van der Waals surface area contributed by atoms with E-state index in [1.165, 1.54) is 11.1 Å². The van der Waals surface area contributed by atoms with E-state index < -0.39 is 5.97 Å². The molecule has 2 aromatic carbocycles. The summed E-state index contributed by atoms with van der Waals surface area (Å²) in [6, 6.07) is 15.2. The highest BCUT2D eigenvalue weighted by molar-refractivity contribution is 5.87. The summed E-state index contributed by atoms with van der Waals surface area (Å²) in [5.41, 5.74) is 3.08. The molecule has 0 aromatic heterocycles. The van der Waals surface area contributed by atoms with Crippen molar-refractivity contribution in [2.75, 3.05) is 19.7 Å². The standard InChI is InChI=1S/C18H19NO3/c20-18(21)15-6-3-7-17(12-15)22-11-10-19-9-8-14-4-1-2-5-16(14)13-19/h1-7,12H,8-11,13H2,(H,20,21). The van der Waals surface area contributed by atoms with Crippen molar-refractivity contribution < 1.29 is 14.6 Å². The third-order valence-corrected chi connectivity index (χ3v) is 3.97. The largest absolute Gasteiger partial charge is 0.492 e. The summed E-state index contributed by atoms with van der Waals surface area (Å²) in [5, 5.41) is 8.97. The van der Waals surface area contributed by atoms with Crippen molar-refractivity contribution >= 4 is 5.97 Å². The van der Waals surface area contributed by atoms with Gasteiger partial charge in [-0.2, -0.15) is 0 Å². The van der Waals surface area contributed by atoms with Gasteiger partial charge < -0.3 is 9.84 Å². The molecule has 0 saturated heterocycles. The molecule has 0 amide bonds. The van der Waals surface area contributed by atoms with Crippen molar-refractivity contribution in [1.82, 2.24) is 4.90 Å². The number of benzene rings is 2. The summed E-state index contributed by atoms with van der Waals surface area (Å²) in [7, 11) is 0. The lowest BCUT2D eigenvalue weighted by Gasteiger charge is -2.28. The van der Waals surface area contributed by atoms with E-state index in [0.29, 0.717) is 12.4 Å². The number of hydrogen-bond acceptors (Lipinski definition) is 3. The Balaban J connectivity index is 1.52. The number of carboxylic acids is 1. The molecule has 0 atom stereocenters. The summed E-state index contributed by atoms with van der Waals surface area (Å²) in [5.74, 6) is -0.324. The van der Waals surface area contributed by atoms with Gasteiger partial charge in [0, 0.05) is 19.6 Å². The van der Waals surface area contributed by atoms with Crippen LogP contribution in [0.4, 0.5) is 0 Å². The summed E-state index contributed by atoms with van der Waals surface area (Å²) in [4.78, 5) is 13.3. The Labute approximate surface area is 130 Å². The smallest absolute Gasteiger partial charge is 0.335 e. The minimum absolute atomic E-state index is 0.254. The van der Waals surface area contributed by atoms with Gasteiger partial charge in [0.05, 0.1) is 5.56 Å². The Morgan fingerprint density at radius 2 is 1.95 bits per heavy atom. The molecular formula is C18H19NO3. The maximum Gasteiger partial charge on any atom is 0.335 e. The number of nitrogens with zero attached hydrogens (tertiary/aromatic N) is 1. The zero-order valence-corrected chi connectivity index (χ0v) is 12.4. The van der Waals surface area contributed by atoms with Crippen LogP contribution in [0.15, 0.2) is 48.5 Å². The van der Waals surface area contributed by atoms with Crippen LogP contribution in [0.3, 0.4) is 0 Å². The number of aromatic carboxylic acids is 1. The van der Waals surface area contributed by atoms with Crippen molar-refractivity contribution in [3.8, 4) is 5.75 Å². The van der Waals surface area contributed by atoms with Crippen molar-refractivity contribution in [2.45, 2.75) is 13.0 Å². The molecule has 1 aliphatic heterocycles. The van der Waals surface area contributed by atoms with Gasteiger partial charge in [-0.1, -0.05) is 30.3 Å². The molecule has 0 bridgehead atoms. The van der Waals surface area contributed by atoms with Gasteiger partial charge in [0.15, 0.2) is 0 Å².